The van der Waals surface area contributed by atoms with Crippen molar-refractivity contribution >= 4 is 23.0 Å². The van der Waals surface area contributed by atoms with Crippen LogP contribution in [0.25, 0.3) is 33.5 Å². The molecule has 4 aromatic rings. The Hall–Kier alpha value is -4.22. The predicted octanol–water partition coefficient (Wildman–Crippen LogP) is 6.17. The van der Waals surface area contributed by atoms with Gasteiger partial charge in [0.25, 0.3) is 0 Å². The quantitative estimate of drug-likeness (QED) is 0.169. The van der Waals surface area contributed by atoms with Gasteiger partial charge in [0.05, 0.1) is 30.1 Å². The van der Waals surface area contributed by atoms with Gasteiger partial charge in [0.1, 0.15) is 11.6 Å². The largest absolute Gasteiger partial charge is 0.480 e. The molecule has 242 valence electrons. The van der Waals surface area contributed by atoms with Gasteiger partial charge < -0.3 is 34.0 Å². The Balaban J connectivity index is 1.79. The van der Waals surface area contributed by atoms with Crippen LogP contribution in [-0.2, 0) is 33.7 Å². The second kappa shape index (κ2) is 13.4. The topological polar surface area (TPSA) is 149 Å². The Kier molecular flexibility index (Phi) is 10.0. The van der Waals surface area contributed by atoms with Gasteiger partial charge in [-0.15, -0.1) is 0 Å². The number of carbonyl (C=O) groups excluding carboxylic acids is 1. The van der Waals surface area contributed by atoms with Crippen molar-refractivity contribution in [2.45, 2.75) is 85.6 Å². The van der Waals surface area contributed by atoms with E-state index in [0.29, 0.717) is 18.7 Å². The number of carbonyl (C=O) groups is 2. The molecule has 0 saturated heterocycles. The number of benzene rings is 1. The molecule has 11 nitrogen and oxygen atoms in total. The van der Waals surface area contributed by atoms with E-state index in [4.69, 9.17) is 13.9 Å². The van der Waals surface area contributed by atoms with Crippen LogP contribution in [0.15, 0.2) is 47.1 Å². The van der Waals surface area contributed by atoms with Crippen molar-refractivity contribution in [3.8, 4) is 22.6 Å². The number of hydrogen-bond acceptors (Lipinski definition) is 8. The highest BCUT2D eigenvalue weighted by atomic mass is 16.6. The molecule has 11 heteroatoms. The Morgan fingerprint density at radius 2 is 1.87 bits per heavy atom. The number of rotatable bonds is 12. The van der Waals surface area contributed by atoms with Gasteiger partial charge in [0.2, 0.25) is 0 Å². The van der Waals surface area contributed by atoms with Crippen molar-refractivity contribution in [3.05, 3.63) is 59.9 Å². The molecule has 0 aliphatic carbocycles. The molecule has 45 heavy (non-hydrogen) atoms. The standard InChI is InChI=1S/C34H44N4O7/c1-9-38-26-13-12-21(27-18-36-28(44-27)16-25(31(40)41)37-32(42)45-33(3,4)5)15-23(26)24(17-34(6,7)19-39)30(38)22-11-10-14-35-29(22)20(2)43-8/h10-15,18,20,25,39H,9,16-17,19H2,1-8H3,(H,37,42)(H,40,41)/t20-,25-/m0/s1. The fourth-order valence-corrected chi connectivity index (χ4v) is 5.34. The average molecular weight is 621 g/mol. The van der Waals surface area contributed by atoms with E-state index in [1.807, 2.05) is 45.0 Å². The van der Waals surface area contributed by atoms with Crippen LogP contribution in [0, 0.1) is 5.41 Å². The number of carboxylic acid groups (broad SMARTS) is 1. The summed E-state index contributed by atoms with van der Waals surface area (Å²) in [5.74, 6) is -0.610. The first kappa shape index (κ1) is 33.7. The summed E-state index contributed by atoms with van der Waals surface area (Å²) >= 11 is 0. The van der Waals surface area contributed by atoms with Gasteiger partial charge in [-0.05, 0) is 82.3 Å². The van der Waals surface area contributed by atoms with E-state index in [-0.39, 0.29) is 25.0 Å². The lowest BCUT2D eigenvalue weighted by atomic mass is 9.84. The highest BCUT2D eigenvalue weighted by molar-refractivity contribution is 5.95. The van der Waals surface area contributed by atoms with Crippen LogP contribution >= 0.6 is 0 Å². The van der Waals surface area contributed by atoms with Gasteiger partial charge in [0, 0.05) is 48.5 Å². The summed E-state index contributed by atoms with van der Waals surface area (Å²) in [4.78, 5) is 33.1. The van der Waals surface area contributed by atoms with Crippen molar-refractivity contribution in [3.63, 3.8) is 0 Å². The number of aryl methyl sites for hydroxylation is 1. The Bertz CT molecular complexity index is 1660. The van der Waals surface area contributed by atoms with Crippen molar-refractivity contribution in [1.82, 2.24) is 19.9 Å². The lowest BCUT2D eigenvalue weighted by Gasteiger charge is -2.23. The molecule has 0 spiro atoms. The van der Waals surface area contributed by atoms with Gasteiger partial charge in [-0.25, -0.2) is 14.6 Å². The molecule has 3 aromatic heterocycles. The minimum atomic E-state index is -1.29. The molecular weight excluding hydrogens is 576 g/mol. The van der Waals surface area contributed by atoms with Crippen LogP contribution in [-0.4, -0.2) is 62.2 Å². The zero-order valence-electron chi connectivity index (χ0n) is 27.3. The summed E-state index contributed by atoms with van der Waals surface area (Å²) in [6, 6.07) is 8.71. The fourth-order valence-electron chi connectivity index (χ4n) is 5.34. The molecule has 1 aromatic carbocycles. The summed E-state index contributed by atoms with van der Waals surface area (Å²) in [5, 5.41) is 23.3. The molecular formula is C34H44N4O7. The molecule has 0 unspecified atom stereocenters. The number of pyridine rings is 1. The number of fused-ring (bicyclic) bond motifs is 1. The van der Waals surface area contributed by atoms with Crippen LogP contribution in [0.5, 0.6) is 0 Å². The van der Waals surface area contributed by atoms with Gasteiger partial charge in [-0.1, -0.05) is 13.8 Å². The van der Waals surface area contributed by atoms with Crippen LogP contribution in [0.1, 0.15) is 71.7 Å². The Morgan fingerprint density at radius 3 is 2.49 bits per heavy atom. The van der Waals surface area contributed by atoms with Crippen LogP contribution in [0.3, 0.4) is 0 Å². The number of nitrogens with zero attached hydrogens (tertiary/aromatic N) is 3. The van der Waals surface area contributed by atoms with E-state index in [2.05, 4.69) is 32.8 Å². The van der Waals surface area contributed by atoms with Crippen LogP contribution < -0.4 is 5.32 Å². The second-order valence-corrected chi connectivity index (χ2v) is 13.0. The number of methoxy groups -OCH3 is 1. The first-order valence-corrected chi connectivity index (χ1v) is 15.1. The zero-order chi connectivity index (χ0) is 33.1. The fraction of sp³-hybridized carbons (Fsp3) is 0.471. The van der Waals surface area contributed by atoms with E-state index >= 15 is 0 Å². The molecule has 3 heterocycles. The Labute approximate surface area is 263 Å². The van der Waals surface area contributed by atoms with Crippen molar-refractivity contribution < 1.29 is 33.7 Å². The van der Waals surface area contributed by atoms with E-state index in [9.17, 15) is 19.8 Å². The number of aliphatic carboxylic acids is 1. The summed E-state index contributed by atoms with van der Waals surface area (Å²) in [5.41, 5.74) is 4.48. The predicted molar refractivity (Wildman–Crippen MR) is 171 cm³/mol. The lowest BCUT2D eigenvalue weighted by molar-refractivity contribution is -0.139. The Morgan fingerprint density at radius 1 is 1.13 bits per heavy atom. The minimum absolute atomic E-state index is 0.00678. The third-order valence-corrected chi connectivity index (χ3v) is 7.61. The van der Waals surface area contributed by atoms with E-state index in [0.717, 1.165) is 39.0 Å². The zero-order valence-corrected chi connectivity index (χ0v) is 27.3. The first-order chi connectivity index (χ1) is 21.2. The summed E-state index contributed by atoms with van der Waals surface area (Å²) < 4.78 is 19.2. The lowest BCUT2D eigenvalue weighted by Crippen LogP contribution is -2.44. The molecule has 4 rings (SSSR count). The number of nitrogens with one attached hydrogen (secondary N) is 1. The normalized spacial score (nSPS) is 13.5. The number of aromatic nitrogens is 3. The molecule has 0 bridgehead atoms. The molecule has 0 aliphatic heterocycles. The average Bonchev–Trinajstić information content (AvgIpc) is 3.57. The van der Waals surface area contributed by atoms with Gasteiger partial charge in [-0.2, -0.15) is 0 Å². The van der Waals surface area contributed by atoms with Crippen LogP contribution in [0.4, 0.5) is 4.79 Å². The number of carboxylic acids is 1. The molecule has 0 saturated carbocycles. The minimum Gasteiger partial charge on any atom is -0.480 e. The summed E-state index contributed by atoms with van der Waals surface area (Å²) in [6.07, 6.45) is 2.69. The number of aliphatic hydroxyl groups excluding tert-OH is 1. The number of amides is 1. The number of hydrogen-bond donors (Lipinski definition) is 3. The monoisotopic (exact) mass is 620 g/mol. The van der Waals surface area contributed by atoms with Gasteiger partial charge in [0.15, 0.2) is 11.7 Å². The van der Waals surface area contributed by atoms with Crippen molar-refractivity contribution in [2.75, 3.05) is 13.7 Å². The number of aliphatic hydroxyl groups is 1. The maximum absolute atomic E-state index is 12.2. The van der Waals surface area contributed by atoms with E-state index in [1.165, 1.54) is 0 Å². The summed E-state index contributed by atoms with van der Waals surface area (Å²) in [6.45, 7) is 13.9. The second-order valence-electron chi connectivity index (χ2n) is 13.0. The molecule has 0 fully saturated rings. The van der Waals surface area contributed by atoms with Gasteiger partial charge >= 0.3 is 12.1 Å². The number of oxazole rings is 1. The van der Waals surface area contributed by atoms with Gasteiger partial charge in [-0.3, -0.25) is 4.98 Å². The van der Waals surface area contributed by atoms with Crippen molar-refractivity contribution in [1.29, 1.82) is 0 Å². The number of alkyl carbamates (subject to hydrolysis) is 1. The molecule has 2 atom stereocenters. The molecule has 1 amide bonds. The highest BCUT2D eigenvalue weighted by Crippen LogP contribution is 2.41. The maximum atomic E-state index is 12.2. The van der Waals surface area contributed by atoms with E-state index in [1.54, 1.807) is 40.3 Å². The van der Waals surface area contributed by atoms with Crippen molar-refractivity contribution in [2.24, 2.45) is 5.41 Å². The molecule has 3 N–H and O–H groups in total. The number of ether oxygens (including phenoxy) is 2. The SMILES string of the molecule is CCn1c(-c2cccnc2[C@H](C)OC)c(CC(C)(C)CO)c2cc(-c3cnc(C[C@H](NC(=O)OC(C)(C)C)C(=O)O)o3)ccc21. The third-order valence-electron chi connectivity index (χ3n) is 7.61. The maximum Gasteiger partial charge on any atom is 0.408 e. The van der Waals surface area contributed by atoms with Crippen LogP contribution in [0.2, 0.25) is 0 Å². The molecule has 0 radical (unpaired) electrons. The highest BCUT2D eigenvalue weighted by Gasteiger charge is 2.29. The van der Waals surface area contributed by atoms with E-state index < -0.39 is 29.1 Å². The first-order valence-electron chi connectivity index (χ1n) is 15.1. The molecule has 0 aliphatic rings. The smallest absolute Gasteiger partial charge is 0.408 e. The summed E-state index contributed by atoms with van der Waals surface area (Å²) in [7, 11) is 1.67. The third kappa shape index (κ3) is 7.72.